The molecule has 21 heavy (non-hydrogen) atoms. The maximum atomic E-state index is 9.48. The fraction of sp³-hybridized carbons (Fsp3) is 0.562. The van der Waals surface area contributed by atoms with E-state index in [1.165, 1.54) is 12.1 Å². The lowest BCUT2D eigenvalue weighted by atomic mass is 9.74. The fourth-order valence-electron chi connectivity index (χ4n) is 4.04. The summed E-state index contributed by atoms with van der Waals surface area (Å²) in [5, 5.41) is 14.1. The molecule has 0 spiro atoms. The average Bonchev–Trinajstić information content (AvgIpc) is 3.16. The van der Waals surface area contributed by atoms with Gasteiger partial charge in [-0.25, -0.2) is 0 Å². The highest BCUT2D eigenvalue weighted by Gasteiger charge is 2.41. The second kappa shape index (κ2) is 5.00. The third kappa shape index (κ3) is 2.12. The van der Waals surface area contributed by atoms with Gasteiger partial charge in [-0.3, -0.25) is 9.58 Å². The molecule has 0 amide bonds. The molecule has 3 aliphatic heterocycles. The number of furan rings is 1. The quantitative estimate of drug-likeness (QED) is 0.936. The molecule has 0 aliphatic carbocycles. The molecule has 3 fully saturated rings. The Morgan fingerprint density at radius 2 is 2.38 bits per heavy atom. The Hall–Kier alpha value is -1.59. The van der Waals surface area contributed by atoms with Gasteiger partial charge in [0.05, 0.1) is 12.9 Å². The molecule has 2 bridgehead atoms. The first-order valence-electron chi connectivity index (χ1n) is 7.69. The van der Waals surface area contributed by atoms with E-state index < -0.39 is 0 Å². The van der Waals surface area contributed by atoms with Gasteiger partial charge in [0, 0.05) is 31.2 Å². The Labute approximate surface area is 124 Å². The van der Waals surface area contributed by atoms with E-state index >= 15 is 0 Å². The molecule has 1 unspecified atom stereocenters. The molecule has 1 N–H and O–H groups in total. The number of hydrogen-bond donors (Lipinski definition) is 1. The van der Waals surface area contributed by atoms with E-state index in [-0.39, 0.29) is 6.61 Å². The van der Waals surface area contributed by atoms with Crippen molar-refractivity contribution in [2.75, 3.05) is 19.7 Å². The summed E-state index contributed by atoms with van der Waals surface area (Å²) in [5.74, 6) is 2.00. The van der Waals surface area contributed by atoms with Crippen LogP contribution in [0.15, 0.2) is 28.9 Å². The molecule has 5 heteroatoms. The number of nitrogens with zero attached hydrogens (tertiary/aromatic N) is 3. The Balaban J connectivity index is 1.63. The summed E-state index contributed by atoms with van der Waals surface area (Å²) in [5.41, 5.74) is 2.19. The van der Waals surface area contributed by atoms with Crippen molar-refractivity contribution >= 4 is 0 Å². The molecule has 0 radical (unpaired) electrons. The zero-order valence-electron chi connectivity index (χ0n) is 12.3. The third-order valence-electron chi connectivity index (χ3n) is 5.16. The number of rotatable bonds is 3. The summed E-state index contributed by atoms with van der Waals surface area (Å²) in [6.45, 7) is 2.44. The molecule has 2 aromatic rings. The predicted molar refractivity (Wildman–Crippen MR) is 78.8 cm³/mol. The van der Waals surface area contributed by atoms with Crippen molar-refractivity contribution in [1.82, 2.24) is 14.7 Å². The average molecular weight is 287 g/mol. The summed E-state index contributed by atoms with van der Waals surface area (Å²) in [6.07, 6.45) is 4.01. The summed E-state index contributed by atoms with van der Waals surface area (Å²) >= 11 is 0. The molecular formula is C16H21N3O2. The normalized spacial score (nSPS) is 31.7. The minimum Gasteiger partial charge on any atom is -0.463 e. The second-order valence-electron chi connectivity index (χ2n) is 6.28. The van der Waals surface area contributed by atoms with Crippen LogP contribution in [0.1, 0.15) is 24.5 Å². The second-order valence-corrected chi connectivity index (χ2v) is 6.28. The molecule has 4 atom stereocenters. The highest BCUT2D eigenvalue weighted by molar-refractivity contribution is 5.52. The van der Waals surface area contributed by atoms with Gasteiger partial charge in [0.1, 0.15) is 5.69 Å². The highest BCUT2D eigenvalue weighted by Crippen LogP contribution is 2.42. The Morgan fingerprint density at radius 1 is 1.48 bits per heavy atom. The van der Waals surface area contributed by atoms with Crippen LogP contribution in [-0.4, -0.2) is 45.5 Å². The molecule has 5 heterocycles. The van der Waals surface area contributed by atoms with Crippen LogP contribution in [0.3, 0.4) is 0 Å². The molecule has 0 saturated carbocycles. The minimum atomic E-state index is 0.284. The smallest absolute Gasteiger partial charge is 0.154 e. The molecule has 2 aromatic heterocycles. The molecule has 5 nitrogen and oxygen atoms in total. The van der Waals surface area contributed by atoms with Crippen LogP contribution in [0.5, 0.6) is 0 Å². The van der Waals surface area contributed by atoms with Crippen LogP contribution in [0.4, 0.5) is 0 Å². The Kier molecular flexibility index (Phi) is 3.12. The maximum Gasteiger partial charge on any atom is 0.154 e. The Bertz CT molecular complexity index is 620. The predicted octanol–water partition coefficient (Wildman–Crippen LogP) is 1.85. The first kappa shape index (κ1) is 13.1. The van der Waals surface area contributed by atoms with Crippen LogP contribution < -0.4 is 0 Å². The number of piperidine rings is 3. The van der Waals surface area contributed by atoms with Gasteiger partial charge in [0.15, 0.2) is 5.76 Å². The number of aromatic nitrogens is 2. The van der Waals surface area contributed by atoms with E-state index in [0.29, 0.717) is 17.9 Å². The molecule has 3 saturated heterocycles. The molecule has 3 aliphatic rings. The number of aliphatic hydroxyl groups is 1. The van der Waals surface area contributed by atoms with Crippen LogP contribution in [0.2, 0.25) is 0 Å². The van der Waals surface area contributed by atoms with Crippen molar-refractivity contribution < 1.29 is 9.52 Å². The lowest BCUT2D eigenvalue weighted by Crippen LogP contribution is -2.53. The monoisotopic (exact) mass is 287 g/mol. The van der Waals surface area contributed by atoms with Gasteiger partial charge in [-0.15, -0.1) is 0 Å². The standard InChI is InChI=1S/C16H21N3O2/c1-18-15(8-14(17-18)16-3-2-6-21-16)13-9-19-5-4-11(13)7-12(19)10-20/h2-3,6,8,11-13,20H,4-5,7,9-10H2,1H3/t11-,12+,13-/m0/s1. The molecule has 5 rings (SSSR count). The third-order valence-corrected chi connectivity index (χ3v) is 5.16. The van der Waals surface area contributed by atoms with Crippen molar-refractivity contribution in [3.63, 3.8) is 0 Å². The van der Waals surface area contributed by atoms with Crippen molar-refractivity contribution in [3.05, 3.63) is 30.2 Å². The van der Waals surface area contributed by atoms with E-state index in [1.807, 2.05) is 23.9 Å². The highest BCUT2D eigenvalue weighted by atomic mass is 16.3. The molecule has 112 valence electrons. The van der Waals surface area contributed by atoms with Crippen molar-refractivity contribution in [2.24, 2.45) is 13.0 Å². The lowest BCUT2D eigenvalue weighted by Gasteiger charge is -2.49. The van der Waals surface area contributed by atoms with Crippen LogP contribution in [0, 0.1) is 5.92 Å². The first-order valence-corrected chi connectivity index (χ1v) is 7.69. The summed E-state index contributed by atoms with van der Waals surface area (Å²) in [7, 11) is 2.02. The van der Waals surface area contributed by atoms with E-state index in [1.54, 1.807) is 6.26 Å². The van der Waals surface area contributed by atoms with Gasteiger partial charge in [0.25, 0.3) is 0 Å². The minimum absolute atomic E-state index is 0.284. The van der Waals surface area contributed by atoms with E-state index in [0.717, 1.165) is 31.0 Å². The van der Waals surface area contributed by atoms with Crippen molar-refractivity contribution in [2.45, 2.75) is 24.8 Å². The summed E-state index contributed by atoms with van der Waals surface area (Å²) < 4.78 is 7.45. The van der Waals surface area contributed by atoms with Gasteiger partial charge in [-0.1, -0.05) is 0 Å². The van der Waals surface area contributed by atoms with E-state index in [2.05, 4.69) is 16.1 Å². The Morgan fingerprint density at radius 3 is 3.05 bits per heavy atom. The SMILES string of the molecule is Cn1nc(-c2ccco2)cc1[C@H]1CN2CC[C@H]1C[C@@H]2CO. The van der Waals surface area contributed by atoms with Gasteiger partial charge in [0.2, 0.25) is 0 Å². The lowest BCUT2D eigenvalue weighted by molar-refractivity contribution is 0.00105. The van der Waals surface area contributed by atoms with Crippen molar-refractivity contribution in [3.8, 4) is 11.5 Å². The van der Waals surface area contributed by atoms with Crippen LogP contribution in [0.25, 0.3) is 11.5 Å². The zero-order chi connectivity index (χ0) is 14.4. The zero-order valence-corrected chi connectivity index (χ0v) is 12.3. The number of fused-ring (bicyclic) bond motifs is 3. The summed E-state index contributed by atoms with van der Waals surface area (Å²) in [6, 6.07) is 6.37. The number of aliphatic hydroxyl groups excluding tert-OH is 1. The van der Waals surface area contributed by atoms with Gasteiger partial charge >= 0.3 is 0 Å². The topological polar surface area (TPSA) is 54.4 Å². The first-order chi connectivity index (χ1) is 10.3. The molecular weight excluding hydrogens is 266 g/mol. The number of aryl methyl sites for hydroxylation is 1. The largest absolute Gasteiger partial charge is 0.463 e. The number of hydrogen-bond acceptors (Lipinski definition) is 4. The van der Waals surface area contributed by atoms with Crippen LogP contribution >= 0.6 is 0 Å². The maximum absolute atomic E-state index is 9.48. The van der Waals surface area contributed by atoms with E-state index in [4.69, 9.17) is 4.42 Å². The molecule has 0 aromatic carbocycles. The summed E-state index contributed by atoms with van der Waals surface area (Å²) in [4.78, 5) is 2.43. The van der Waals surface area contributed by atoms with Crippen molar-refractivity contribution in [1.29, 1.82) is 0 Å². The van der Waals surface area contributed by atoms with Gasteiger partial charge in [-0.05, 0) is 43.5 Å². The fourth-order valence-corrected chi connectivity index (χ4v) is 4.04. The van der Waals surface area contributed by atoms with E-state index in [9.17, 15) is 5.11 Å². The van der Waals surface area contributed by atoms with Gasteiger partial charge < -0.3 is 9.52 Å². The van der Waals surface area contributed by atoms with Gasteiger partial charge in [-0.2, -0.15) is 5.10 Å². The van der Waals surface area contributed by atoms with Crippen LogP contribution in [-0.2, 0) is 7.05 Å².